The maximum absolute atomic E-state index is 6.14. The third kappa shape index (κ3) is 3.12. The third-order valence-corrected chi connectivity index (χ3v) is 3.56. The van der Waals surface area contributed by atoms with Gasteiger partial charge in [-0.15, -0.1) is 0 Å². The largest absolute Gasteiger partial charge is 0.352 e. The van der Waals surface area contributed by atoms with E-state index in [1.807, 2.05) is 6.07 Å². The smallest absolute Gasteiger partial charge is 0.162 e. The van der Waals surface area contributed by atoms with Crippen LogP contribution < -0.4 is 0 Å². The molecule has 2 rings (SSSR count). The predicted molar refractivity (Wildman–Crippen MR) is 73.4 cm³/mol. The standard InChI is InChI=1S/C16H24O2/c1-12(2)15-16(3,4)11-17-14(18-15)10-13-8-6-5-7-9-13/h5-9,12,14-15H,10-11H2,1-4H3. The topological polar surface area (TPSA) is 18.5 Å². The first kappa shape index (κ1) is 13.6. The Kier molecular flexibility index (Phi) is 4.08. The molecule has 2 atom stereocenters. The van der Waals surface area contributed by atoms with Crippen LogP contribution in [0.1, 0.15) is 33.3 Å². The number of benzene rings is 1. The van der Waals surface area contributed by atoms with Gasteiger partial charge in [-0.2, -0.15) is 0 Å². The molecule has 1 saturated heterocycles. The predicted octanol–water partition coefficient (Wildman–Crippen LogP) is 3.65. The van der Waals surface area contributed by atoms with Gasteiger partial charge in [-0.25, -0.2) is 0 Å². The van der Waals surface area contributed by atoms with Crippen molar-refractivity contribution in [1.82, 2.24) is 0 Å². The highest BCUT2D eigenvalue weighted by molar-refractivity contribution is 5.15. The number of rotatable bonds is 3. The van der Waals surface area contributed by atoms with Gasteiger partial charge in [-0.05, 0) is 11.5 Å². The lowest BCUT2D eigenvalue weighted by Gasteiger charge is -2.44. The molecule has 0 amide bonds. The van der Waals surface area contributed by atoms with Crippen molar-refractivity contribution in [2.45, 2.75) is 46.5 Å². The Bertz CT molecular complexity index is 370. The zero-order valence-corrected chi connectivity index (χ0v) is 11.8. The first-order chi connectivity index (χ1) is 8.49. The van der Waals surface area contributed by atoms with Crippen LogP contribution in [0.4, 0.5) is 0 Å². The average molecular weight is 248 g/mol. The van der Waals surface area contributed by atoms with Gasteiger partial charge < -0.3 is 9.47 Å². The highest BCUT2D eigenvalue weighted by Gasteiger charge is 2.39. The Hall–Kier alpha value is -0.860. The second-order valence-corrected chi connectivity index (χ2v) is 6.22. The Balaban J connectivity index is 2.01. The van der Waals surface area contributed by atoms with Crippen molar-refractivity contribution < 1.29 is 9.47 Å². The van der Waals surface area contributed by atoms with Gasteiger partial charge in [-0.3, -0.25) is 0 Å². The van der Waals surface area contributed by atoms with Crippen molar-refractivity contribution in [3.8, 4) is 0 Å². The van der Waals surface area contributed by atoms with Gasteiger partial charge in [0.1, 0.15) is 0 Å². The fourth-order valence-electron chi connectivity index (χ4n) is 2.75. The maximum Gasteiger partial charge on any atom is 0.162 e. The van der Waals surface area contributed by atoms with E-state index in [1.165, 1.54) is 5.56 Å². The Morgan fingerprint density at radius 1 is 1.22 bits per heavy atom. The van der Waals surface area contributed by atoms with Gasteiger partial charge in [0.2, 0.25) is 0 Å². The van der Waals surface area contributed by atoms with E-state index in [9.17, 15) is 0 Å². The van der Waals surface area contributed by atoms with Crippen LogP contribution in [0.3, 0.4) is 0 Å². The summed E-state index contributed by atoms with van der Waals surface area (Å²) in [5, 5.41) is 0. The number of hydrogen-bond donors (Lipinski definition) is 0. The van der Waals surface area contributed by atoms with Gasteiger partial charge in [0, 0.05) is 11.8 Å². The van der Waals surface area contributed by atoms with Crippen LogP contribution in [0.5, 0.6) is 0 Å². The Morgan fingerprint density at radius 2 is 1.89 bits per heavy atom. The van der Waals surface area contributed by atoms with Crippen molar-refractivity contribution in [3.05, 3.63) is 35.9 Å². The molecule has 1 aromatic rings. The number of hydrogen-bond acceptors (Lipinski definition) is 2. The highest BCUT2D eigenvalue weighted by atomic mass is 16.7. The summed E-state index contributed by atoms with van der Waals surface area (Å²) in [7, 11) is 0. The van der Waals surface area contributed by atoms with E-state index in [1.54, 1.807) is 0 Å². The molecule has 1 aromatic carbocycles. The molecule has 1 aliphatic rings. The van der Waals surface area contributed by atoms with Gasteiger partial charge in [-0.1, -0.05) is 58.0 Å². The molecule has 2 unspecified atom stereocenters. The Morgan fingerprint density at radius 3 is 2.50 bits per heavy atom. The maximum atomic E-state index is 6.14. The van der Waals surface area contributed by atoms with Crippen molar-refractivity contribution >= 4 is 0 Å². The van der Waals surface area contributed by atoms with Crippen molar-refractivity contribution in [3.63, 3.8) is 0 Å². The zero-order chi connectivity index (χ0) is 13.2. The monoisotopic (exact) mass is 248 g/mol. The summed E-state index contributed by atoms with van der Waals surface area (Å²) in [6.45, 7) is 9.65. The van der Waals surface area contributed by atoms with E-state index in [0.29, 0.717) is 5.92 Å². The average Bonchev–Trinajstić information content (AvgIpc) is 2.32. The molecule has 2 heteroatoms. The van der Waals surface area contributed by atoms with E-state index in [0.717, 1.165) is 13.0 Å². The van der Waals surface area contributed by atoms with E-state index < -0.39 is 0 Å². The van der Waals surface area contributed by atoms with Crippen LogP contribution in [0.15, 0.2) is 30.3 Å². The van der Waals surface area contributed by atoms with Crippen LogP contribution in [-0.2, 0) is 15.9 Å². The van der Waals surface area contributed by atoms with Crippen LogP contribution in [0.25, 0.3) is 0 Å². The Labute approximate surface area is 110 Å². The molecule has 2 nitrogen and oxygen atoms in total. The van der Waals surface area contributed by atoms with Gasteiger partial charge in [0.25, 0.3) is 0 Å². The van der Waals surface area contributed by atoms with E-state index >= 15 is 0 Å². The van der Waals surface area contributed by atoms with E-state index in [2.05, 4.69) is 52.0 Å². The van der Waals surface area contributed by atoms with Gasteiger partial charge in [0.15, 0.2) is 6.29 Å². The second-order valence-electron chi connectivity index (χ2n) is 6.22. The summed E-state index contributed by atoms with van der Waals surface area (Å²) in [6, 6.07) is 10.4. The summed E-state index contributed by atoms with van der Waals surface area (Å²) >= 11 is 0. The van der Waals surface area contributed by atoms with Crippen LogP contribution in [0, 0.1) is 11.3 Å². The van der Waals surface area contributed by atoms with E-state index in [-0.39, 0.29) is 17.8 Å². The summed E-state index contributed by atoms with van der Waals surface area (Å²) in [5.74, 6) is 0.516. The van der Waals surface area contributed by atoms with Crippen molar-refractivity contribution in [2.24, 2.45) is 11.3 Å². The molecule has 0 saturated carbocycles. The molecule has 0 bridgehead atoms. The first-order valence-electron chi connectivity index (χ1n) is 6.80. The minimum atomic E-state index is -0.104. The molecule has 18 heavy (non-hydrogen) atoms. The molecule has 0 spiro atoms. The SMILES string of the molecule is CC(C)C1OC(Cc2ccccc2)OCC1(C)C. The summed E-state index contributed by atoms with van der Waals surface area (Å²) in [5.41, 5.74) is 1.37. The van der Waals surface area contributed by atoms with Crippen LogP contribution in [0.2, 0.25) is 0 Å². The fraction of sp³-hybridized carbons (Fsp3) is 0.625. The first-order valence-corrected chi connectivity index (χ1v) is 6.80. The van der Waals surface area contributed by atoms with Gasteiger partial charge >= 0.3 is 0 Å². The molecule has 0 N–H and O–H groups in total. The zero-order valence-electron chi connectivity index (χ0n) is 11.8. The molecule has 1 aliphatic heterocycles. The van der Waals surface area contributed by atoms with Gasteiger partial charge in [0.05, 0.1) is 12.7 Å². The lowest BCUT2D eigenvalue weighted by atomic mass is 9.80. The lowest BCUT2D eigenvalue weighted by Crippen LogP contribution is -2.48. The third-order valence-electron chi connectivity index (χ3n) is 3.56. The molecular formula is C16H24O2. The number of ether oxygens (including phenoxy) is 2. The van der Waals surface area contributed by atoms with E-state index in [4.69, 9.17) is 9.47 Å². The molecule has 1 heterocycles. The molecule has 0 aromatic heterocycles. The summed E-state index contributed by atoms with van der Waals surface area (Å²) in [4.78, 5) is 0. The molecular weight excluding hydrogens is 224 g/mol. The molecule has 0 aliphatic carbocycles. The summed E-state index contributed by atoms with van der Waals surface area (Å²) < 4.78 is 12.0. The normalized spacial score (nSPS) is 27.4. The van der Waals surface area contributed by atoms with Crippen LogP contribution in [-0.4, -0.2) is 19.0 Å². The second kappa shape index (κ2) is 5.41. The quantitative estimate of drug-likeness (QED) is 0.813. The van der Waals surface area contributed by atoms with Crippen molar-refractivity contribution in [1.29, 1.82) is 0 Å². The minimum absolute atomic E-state index is 0.0986. The summed E-state index contributed by atoms with van der Waals surface area (Å²) in [6.07, 6.45) is 0.993. The van der Waals surface area contributed by atoms with Crippen molar-refractivity contribution in [2.75, 3.05) is 6.61 Å². The lowest BCUT2D eigenvalue weighted by molar-refractivity contribution is -0.268. The molecule has 100 valence electrons. The molecule has 1 fully saturated rings. The highest BCUT2D eigenvalue weighted by Crippen LogP contribution is 2.35. The minimum Gasteiger partial charge on any atom is -0.352 e. The fourth-order valence-corrected chi connectivity index (χ4v) is 2.75. The van der Waals surface area contributed by atoms with Crippen LogP contribution >= 0.6 is 0 Å². The molecule has 0 radical (unpaired) electrons.